The Kier molecular flexibility index (Phi) is 3.67. The van der Waals surface area contributed by atoms with Crippen LogP contribution in [0.15, 0.2) is 39.6 Å². The Hall–Kier alpha value is -2.23. The third-order valence-corrected chi connectivity index (χ3v) is 2.57. The van der Waals surface area contributed by atoms with Gasteiger partial charge in [0.05, 0.1) is 12.5 Å². The number of furan rings is 2. The average molecular weight is 245 g/mol. The third kappa shape index (κ3) is 3.13. The van der Waals surface area contributed by atoms with E-state index in [-0.39, 0.29) is 5.91 Å². The third-order valence-electron chi connectivity index (χ3n) is 2.57. The molecule has 18 heavy (non-hydrogen) atoms. The molecular weight excluding hydrogens is 230 g/mol. The lowest BCUT2D eigenvalue weighted by Gasteiger charge is -1.99. The molecule has 0 fully saturated rings. The van der Waals surface area contributed by atoms with Crippen molar-refractivity contribution in [2.75, 3.05) is 0 Å². The molecule has 2 aromatic heterocycles. The van der Waals surface area contributed by atoms with Crippen LogP contribution in [-0.2, 0) is 11.3 Å². The van der Waals surface area contributed by atoms with Crippen molar-refractivity contribution in [2.24, 2.45) is 0 Å². The molecule has 1 amide bonds. The predicted octanol–water partition coefficient (Wildman–Crippen LogP) is 2.82. The number of aryl methyl sites for hydroxylation is 2. The number of carbonyl (C=O) groups is 1. The Morgan fingerprint density at radius 2 is 2.28 bits per heavy atom. The Balaban J connectivity index is 1.87. The van der Waals surface area contributed by atoms with E-state index < -0.39 is 0 Å². The molecule has 4 heteroatoms. The van der Waals surface area contributed by atoms with Crippen LogP contribution in [0.5, 0.6) is 0 Å². The van der Waals surface area contributed by atoms with Gasteiger partial charge in [0.2, 0.25) is 5.91 Å². The Morgan fingerprint density at radius 3 is 2.89 bits per heavy atom. The molecule has 0 spiro atoms. The molecule has 1 N–H and O–H groups in total. The first-order valence-corrected chi connectivity index (χ1v) is 5.69. The highest BCUT2D eigenvalue weighted by atomic mass is 16.3. The van der Waals surface area contributed by atoms with Crippen LogP contribution in [0.3, 0.4) is 0 Å². The minimum atomic E-state index is -0.144. The fraction of sp³-hybridized carbons (Fsp3) is 0.214. The number of amides is 1. The largest absolute Gasteiger partial charge is 0.472 e. The molecule has 0 aliphatic carbocycles. The van der Waals surface area contributed by atoms with Crippen molar-refractivity contribution in [3.8, 4) is 0 Å². The van der Waals surface area contributed by atoms with Crippen LogP contribution in [0, 0.1) is 13.8 Å². The van der Waals surface area contributed by atoms with E-state index in [1.807, 2.05) is 19.9 Å². The second-order valence-electron chi connectivity index (χ2n) is 4.05. The van der Waals surface area contributed by atoms with Gasteiger partial charge in [-0.2, -0.15) is 0 Å². The number of hydrogen-bond acceptors (Lipinski definition) is 3. The van der Waals surface area contributed by atoms with Gasteiger partial charge in [0.25, 0.3) is 0 Å². The SMILES string of the molecule is Cc1cc(CNC(=O)C=Cc2ccoc2)c(C)o1. The van der Waals surface area contributed by atoms with Gasteiger partial charge in [-0.1, -0.05) is 0 Å². The van der Waals surface area contributed by atoms with E-state index in [2.05, 4.69) is 5.32 Å². The molecular formula is C14H15NO3. The summed E-state index contributed by atoms with van der Waals surface area (Å²) in [4.78, 5) is 11.6. The van der Waals surface area contributed by atoms with Crippen molar-refractivity contribution in [3.63, 3.8) is 0 Å². The monoisotopic (exact) mass is 245 g/mol. The van der Waals surface area contributed by atoms with Crippen LogP contribution in [0.2, 0.25) is 0 Å². The average Bonchev–Trinajstić information content (AvgIpc) is 2.94. The van der Waals surface area contributed by atoms with Crippen LogP contribution >= 0.6 is 0 Å². The number of nitrogens with one attached hydrogen (secondary N) is 1. The van der Waals surface area contributed by atoms with E-state index in [4.69, 9.17) is 8.83 Å². The summed E-state index contributed by atoms with van der Waals surface area (Å²) in [6.45, 7) is 4.24. The second-order valence-corrected chi connectivity index (χ2v) is 4.05. The second kappa shape index (κ2) is 5.40. The van der Waals surface area contributed by atoms with Gasteiger partial charge >= 0.3 is 0 Å². The molecule has 4 nitrogen and oxygen atoms in total. The summed E-state index contributed by atoms with van der Waals surface area (Å²) in [5.41, 5.74) is 1.86. The van der Waals surface area contributed by atoms with Crippen molar-refractivity contribution in [3.05, 3.63) is 53.4 Å². The first kappa shape index (κ1) is 12.2. The molecule has 0 saturated heterocycles. The Bertz CT molecular complexity index is 550. The summed E-state index contributed by atoms with van der Waals surface area (Å²) in [6.07, 6.45) is 6.32. The Morgan fingerprint density at radius 1 is 1.44 bits per heavy atom. The molecule has 0 aliphatic rings. The molecule has 2 aromatic rings. The highest BCUT2D eigenvalue weighted by Crippen LogP contribution is 2.13. The molecule has 0 saturated carbocycles. The first-order chi connectivity index (χ1) is 8.65. The van der Waals surface area contributed by atoms with Crippen molar-refractivity contribution in [1.82, 2.24) is 5.32 Å². The summed E-state index contributed by atoms with van der Waals surface area (Å²) in [6, 6.07) is 3.71. The highest BCUT2D eigenvalue weighted by Gasteiger charge is 2.05. The predicted molar refractivity (Wildman–Crippen MR) is 67.8 cm³/mol. The smallest absolute Gasteiger partial charge is 0.244 e. The van der Waals surface area contributed by atoms with Crippen LogP contribution in [0.4, 0.5) is 0 Å². The number of carbonyl (C=O) groups excluding carboxylic acids is 1. The maximum absolute atomic E-state index is 11.6. The quantitative estimate of drug-likeness (QED) is 0.843. The van der Waals surface area contributed by atoms with Gasteiger partial charge in [-0.05, 0) is 32.1 Å². The lowest BCUT2D eigenvalue weighted by molar-refractivity contribution is -0.116. The summed E-state index contributed by atoms with van der Waals surface area (Å²) in [5, 5.41) is 2.80. The van der Waals surface area contributed by atoms with Crippen LogP contribution in [-0.4, -0.2) is 5.91 Å². The molecule has 0 unspecified atom stereocenters. The van der Waals surface area contributed by atoms with E-state index in [1.54, 1.807) is 24.7 Å². The van der Waals surface area contributed by atoms with Crippen LogP contribution in [0.1, 0.15) is 22.6 Å². The molecule has 0 bridgehead atoms. The maximum Gasteiger partial charge on any atom is 0.244 e. The van der Waals surface area contributed by atoms with E-state index in [9.17, 15) is 4.79 Å². The standard InChI is InChI=1S/C14H15NO3/c1-10-7-13(11(2)18-10)8-15-14(16)4-3-12-5-6-17-9-12/h3-7,9H,8H2,1-2H3,(H,15,16). The van der Waals surface area contributed by atoms with Gasteiger partial charge in [-0.3, -0.25) is 4.79 Å². The van der Waals surface area contributed by atoms with Crippen molar-refractivity contribution >= 4 is 12.0 Å². The topological polar surface area (TPSA) is 55.4 Å². The fourth-order valence-corrected chi connectivity index (χ4v) is 1.64. The zero-order valence-corrected chi connectivity index (χ0v) is 10.4. The van der Waals surface area contributed by atoms with Gasteiger partial charge in [-0.15, -0.1) is 0 Å². The van der Waals surface area contributed by atoms with Gasteiger partial charge in [0.15, 0.2) is 0 Å². The first-order valence-electron chi connectivity index (χ1n) is 5.69. The summed E-state index contributed by atoms with van der Waals surface area (Å²) >= 11 is 0. The number of hydrogen-bond donors (Lipinski definition) is 1. The van der Waals surface area contributed by atoms with Crippen molar-refractivity contribution in [2.45, 2.75) is 20.4 Å². The zero-order valence-electron chi connectivity index (χ0n) is 10.4. The van der Waals surface area contributed by atoms with Gasteiger partial charge < -0.3 is 14.2 Å². The van der Waals surface area contributed by atoms with Crippen LogP contribution < -0.4 is 5.32 Å². The van der Waals surface area contributed by atoms with Crippen LogP contribution in [0.25, 0.3) is 6.08 Å². The summed E-state index contributed by atoms with van der Waals surface area (Å²) in [7, 11) is 0. The number of rotatable bonds is 4. The molecule has 0 atom stereocenters. The Labute approximate surface area is 105 Å². The molecule has 0 aliphatic heterocycles. The van der Waals surface area contributed by atoms with E-state index in [0.29, 0.717) is 6.54 Å². The molecule has 0 radical (unpaired) electrons. The molecule has 2 rings (SSSR count). The maximum atomic E-state index is 11.6. The summed E-state index contributed by atoms with van der Waals surface area (Å²) in [5.74, 6) is 1.55. The van der Waals surface area contributed by atoms with E-state index in [1.165, 1.54) is 6.08 Å². The van der Waals surface area contributed by atoms with E-state index >= 15 is 0 Å². The fourth-order valence-electron chi connectivity index (χ4n) is 1.64. The normalized spacial score (nSPS) is 11.0. The van der Waals surface area contributed by atoms with Gasteiger partial charge in [0.1, 0.15) is 11.5 Å². The van der Waals surface area contributed by atoms with Crippen molar-refractivity contribution in [1.29, 1.82) is 0 Å². The minimum absolute atomic E-state index is 0.144. The highest BCUT2D eigenvalue weighted by molar-refractivity contribution is 5.91. The zero-order chi connectivity index (χ0) is 13.0. The molecule has 2 heterocycles. The van der Waals surface area contributed by atoms with Gasteiger partial charge in [0, 0.05) is 23.7 Å². The lowest BCUT2D eigenvalue weighted by atomic mass is 10.2. The lowest BCUT2D eigenvalue weighted by Crippen LogP contribution is -2.20. The van der Waals surface area contributed by atoms with Crippen molar-refractivity contribution < 1.29 is 13.6 Å². The summed E-state index contributed by atoms with van der Waals surface area (Å²) < 4.78 is 10.3. The minimum Gasteiger partial charge on any atom is -0.472 e. The molecule has 0 aromatic carbocycles. The van der Waals surface area contributed by atoms with Gasteiger partial charge in [-0.25, -0.2) is 0 Å². The van der Waals surface area contributed by atoms with E-state index in [0.717, 1.165) is 22.6 Å². The molecule has 94 valence electrons.